The fraction of sp³-hybridized carbons (Fsp3) is 0.300. The average Bonchev–Trinajstić information content (AvgIpc) is 2.97. The number of hydrogen-bond acceptors (Lipinski definition) is 7. The second-order valence-electron chi connectivity index (χ2n) is 8.61. The maximum atomic E-state index is 13.5. The first-order valence-electron chi connectivity index (χ1n) is 12.2. The van der Waals surface area contributed by atoms with Gasteiger partial charge in [0.15, 0.2) is 34.5 Å². The summed E-state index contributed by atoms with van der Waals surface area (Å²) in [4.78, 5) is 15.3. The Balaban J connectivity index is 1.65. The summed E-state index contributed by atoms with van der Waals surface area (Å²) in [6.45, 7) is 0.760. The third-order valence-corrected chi connectivity index (χ3v) is 6.58. The Bertz CT molecular complexity index is 1300. The molecule has 0 fully saturated rings. The Labute approximate surface area is 223 Å². The van der Waals surface area contributed by atoms with E-state index in [2.05, 4.69) is 0 Å². The first kappa shape index (κ1) is 26.7. The van der Waals surface area contributed by atoms with Crippen LogP contribution in [-0.2, 0) is 11.2 Å². The number of methoxy groups -OCH3 is 5. The molecule has 3 aromatic rings. The molecule has 0 saturated heterocycles. The van der Waals surface area contributed by atoms with Crippen molar-refractivity contribution in [1.82, 2.24) is 4.90 Å². The predicted molar refractivity (Wildman–Crippen MR) is 145 cm³/mol. The highest BCUT2D eigenvalue weighted by atomic mass is 16.5. The van der Waals surface area contributed by atoms with Crippen LogP contribution in [0.3, 0.4) is 0 Å². The molecule has 0 radical (unpaired) electrons. The lowest BCUT2D eigenvalue weighted by molar-refractivity contribution is -0.129. The number of ether oxygens (including phenoxy) is 6. The van der Waals surface area contributed by atoms with Gasteiger partial charge in [-0.2, -0.15) is 0 Å². The number of rotatable bonds is 10. The van der Waals surface area contributed by atoms with Gasteiger partial charge in [0.2, 0.25) is 5.91 Å². The van der Waals surface area contributed by atoms with Crippen molar-refractivity contribution in [2.75, 3.05) is 48.7 Å². The minimum atomic E-state index is -0.356. The van der Waals surface area contributed by atoms with Crippen LogP contribution in [0.25, 0.3) is 6.08 Å². The molecule has 1 aliphatic rings. The summed E-state index contributed by atoms with van der Waals surface area (Å²) in [5.74, 6) is 3.58. The maximum Gasteiger partial charge on any atom is 0.247 e. The molecule has 0 aromatic heterocycles. The summed E-state index contributed by atoms with van der Waals surface area (Å²) >= 11 is 0. The highest BCUT2D eigenvalue weighted by Crippen LogP contribution is 2.39. The normalized spacial score (nSPS) is 14.6. The number of hydrogen-bond donors (Lipinski definition) is 0. The van der Waals surface area contributed by atoms with Gasteiger partial charge in [-0.15, -0.1) is 0 Å². The maximum absolute atomic E-state index is 13.5. The molecule has 4 rings (SSSR count). The molecule has 8 nitrogen and oxygen atoms in total. The van der Waals surface area contributed by atoms with Gasteiger partial charge >= 0.3 is 0 Å². The first-order valence-corrected chi connectivity index (χ1v) is 12.2. The number of carbonyl (C=O) groups excluding carboxylic acids is 1. The predicted octanol–water partition coefficient (Wildman–Crippen LogP) is 4.95. The van der Waals surface area contributed by atoms with Crippen molar-refractivity contribution in [2.45, 2.75) is 12.5 Å². The number of carbonyl (C=O) groups is 1. The quantitative estimate of drug-likeness (QED) is 0.351. The van der Waals surface area contributed by atoms with E-state index in [-0.39, 0.29) is 18.6 Å². The van der Waals surface area contributed by atoms with E-state index in [0.29, 0.717) is 47.5 Å². The molecule has 3 aromatic carbocycles. The molecule has 0 unspecified atom stereocenters. The molecule has 0 bridgehead atoms. The zero-order chi connectivity index (χ0) is 27.1. The molecule has 0 saturated carbocycles. The highest BCUT2D eigenvalue weighted by molar-refractivity contribution is 5.92. The van der Waals surface area contributed by atoms with Crippen molar-refractivity contribution < 1.29 is 33.2 Å². The topological polar surface area (TPSA) is 75.7 Å². The van der Waals surface area contributed by atoms with E-state index >= 15 is 0 Å². The summed E-state index contributed by atoms with van der Waals surface area (Å²) in [5.41, 5.74) is 2.86. The number of benzene rings is 3. The standard InChI is InChI=1S/C30H33NO7/c1-33-24-8-6-7-9-26(24)38-19-23-22-18-29(37-5)28(36-4)17-21(22)14-15-31(23)30(32)13-11-20-10-12-25(34-2)27(16-20)35-3/h6-13,16-18,23H,14-15,19H2,1-5H3/b13-11+/t23-/m0/s1. The van der Waals surface area contributed by atoms with E-state index < -0.39 is 0 Å². The molecule has 1 aliphatic heterocycles. The van der Waals surface area contributed by atoms with E-state index in [9.17, 15) is 4.79 Å². The van der Waals surface area contributed by atoms with Crippen LogP contribution in [0.15, 0.2) is 60.7 Å². The number of fused-ring (bicyclic) bond motifs is 1. The van der Waals surface area contributed by atoms with Crippen LogP contribution in [0, 0.1) is 0 Å². The van der Waals surface area contributed by atoms with Crippen LogP contribution in [0.1, 0.15) is 22.7 Å². The van der Waals surface area contributed by atoms with Crippen LogP contribution in [0.5, 0.6) is 34.5 Å². The van der Waals surface area contributed by atoms with Crippen molar-refractivity contribution in [3.05, 3.63) is 77.4 Å². The van der Waals surface area contributed by atoms with Gasteiger partial charge in [-0.25, -0.2) is 0 Å². The molecule has 1 atom stereocenters. The fourth-order valence-electron chi connectivity index (χ4n) is 4.60. The van der Waals surface area contributed by atoms with Crippen molar-refractivity contribution >= 4 is 12.0 Å². The van der Waals surface area contributed by atoms with Crippen LogP contribution in [0.2, 0.25) is 0 Å². The molecule has 1 heterocycles. The summed E-state index contributed by atoms with van der Waals surface area (Å²) in [6.07, 6.45) is 4.02. The molecule has 1 amide bonds. The van der Waals surface area contributed by atoms with E-state index in [0.717, 1.165) is 16.7 Å². The summed E-state index contributed by atoms with van der Waals surface area (Å²) in [5, 5.41) is 0. The van der Waals surface area contributed by atoms with Gasteiger partial charge < -0.3 is 33.3 Å². The number of para-hydroxylation sites is 2. The smallest absolute Gasteiger partial charge is 0.247 e. The number of nitrogens with zero attached hydrogens (tertiary/aromatic N) is 1. The van der Waals surface area contributed by atoms with Crippen LogP contribution in [0.4, 0.5) is 0 Å². The minimum absolute atomic E-state index is 0.131. The van der Waals surface area contributed by atoms with Crippen molar-refractivity contribution in [2.24, 2.45) is 0 Å². The Kier molecular flexibility index (Phi) is 8.63. The van der Waals surface area contributed by atoms with Crippen LogP contribution in [-0.4, -0.2) is 59.5 Å². The van der Waals surface area contributed by atoms with Crippen LogP contribution < -0.4 is 28.4 Å². The third-order valence-electron chi connectivity index (χ3n) is 6.58. The Morgan fingerprint density at radius 3 is 2.08 bits per heavy atom. The van der Waals surface area contributed by atoms with Crippen molar-refractivity contribution in [1.29, 1.82) is 0 Å². The second-order valence-corrected chi connectivity index (χ2v) is 8.61. The SMILES string of the molecule is COc1ccc(/C=C/C(=O)N2CCc3cc(OC)c(OC)cc3[C@@H]2COc2ccccc2OC)cc1OC. The summed E-state index contributed by atoms with van der Waals surface area (Å²) in [6, 6.07) is 16.5. The van der Waals surface area contributed by atoms with Crippen molar-refractivity contribution in [3.8, 4) is 34.5 Å². The monoisotopic (exact) mass is 519 g/mol. The van der Waals surface area contributed by atoms with E-state index in [4.69, 9.17) is 28.4 Å². The molecular formula is C30H33NO7. The highest BCUT2D eigenvalue weighted by Gasteiger charge is 2.32. The Morgan fingerprint density at radius 2 is 1.39 bits per heavy atom. The van der Waals surface area contributed by atoms with E-state index in [1.807, 2.05) is 59.5 Å². The van der Waals surface area contributed by atoms with Gasteiger partial charge in [0.05, 0.1) is 41.6 Å². The van der Waals surface area contributed by atoms with Crippen LogP contribution >= 0.6 is 0 Å². The molecule has 0 spiro atoms. The number of amides is 1. The van der Waals surface area contributed by atoms with Gasteiger partial charge in [-0.3, -0.25) is 4.79 Å². The van der Waals surface area contributed by atoms with Gasteiger partial charge in [0, 0.05) is 12.6 Å². The molecule has 0 N–H and O–H groups in total. The lowest BCUT2D eigenvalue weighted by Gasteiger charge is -2.37. The average molecular weight is 520 g/mol. The Morgan fingerprint density at radius 1 is 0.789 bits per heavy atom. The summed E-state index contributed by atoms with van der Waals surface area (Å²) < 4.78 is 33.4. The molecule has 0 aliphatic carbocycles. The van der Waals surface area contributed by atoms with Gasteiger partial charge in [0.25, 0.3) is 0 Å². The summed E-state index contributed by atoms with van der Waals surface area (Å²) in [7, 11) is 7.98. The van der Waals surface area contributed by atoms with E-state index in [1.165, 1.54) is 0 Å². The first-order chi connectivity index (χ1) is 18.5. The van der Waals surface area contributed by atoms with Gasteiger partial charge in [0.1, 0.15) is 6.61 Å². The van der Waals surface area contributed by atoms with Crippen molar-refractivity contribution in [3.63, 3.8) is 0 Å². The molecule has 38 heavy (non-hydrogen) atoms. The van der Waals surface area contributed by atoms with Gasteiger partial charge in [-0.1, -0.05) is 18.2 Å². The van der Waals surface area contributed by atoms with E-state index in [1.54, 1.807) is 47.7 Å². The molecule has 8 heteroatoms. The lowest BCUT2D eigenvalue weighted by Crippen LogP contribution is -2.41. The Hall–Kier alpha value is -4.33. The zero-order valence-electron chi connectivity index (χ0n) is 22.4. The largest absolute Gasteiger partial charge is 0.493 e. The molecular weight excluding hydrogens is 486 g/mol. The third kappa shape index (κ3) is 5.64. The second kappa shape index (κ2) is 12.3. The molecule has 200 valence electrons. The zero-order valence-corrected chi connectivity index (χ0v) is 22.4. The minimum Gasteiger partial charge on any atom is -0.493 e. The lowest BCUT2D eigenvalue weighted by atomic mass is 9.92. The fourth-order valence-corrected chi connectivity index (χ4v) is 4.60. The van der Waals surface area contributed by atoms with Gasteiger partial charge in [-0.05, 0) is 65.6 Å².